The Morgan fingerprint density at radius 1 is 1.03 bits per heavy atom. The fraction of sp³-hybridized carbons (Fsp3) is 0.750. The van der Waals surface area contributed by atoms with Crippen LogP contribution < -0.4 is 0 Å². The molecule has 3 heteroatoms. The molecule has 5 rings (SSSR count). The molecule has 0 saturated heterocycles. The van der Waals surface area contributed by atoms with Crippen LogP contribution in [0.25, 0.3) is 6.08 Å². The molecule has 3 saturated carbocycles. The van der Waals surface area contributed by atoms with E-state index >= 15 is 0 Å². The van der Waals surface area contributed by atoms with Crippen LogP contribution in [0.3, 0.4) is 0 Å². The molecule has 7 atom stereocenters. The van der Waals surface area contributed by atoms with Crippen LogP contribution in [0.15, 0.2) is 18.5 Å². The van der Waals surface area contributed by atoms with Gasteiger partial charge < -0.3 is 9.30 Å². The van der Waals surface area contributed by atoms with E-state index in [2.05, 4.69) is 70.8 Å². The molecule has 3 nitrogen and oxygen atoms in total. The van der Waals surface area contributed by atoms with Gasteiger partial charge in [0, 0.05) is 31.8 Å². The highest BCUT2D eigenvalue weighted by Gasteiger charge is 2.67. The van der Waals surface area contributed by atoms with Crippen LogP contribution >= 0.6 is 0 Å². The van der Waals surface area contributed by atoms with Gasteiger partial charge in [-0.1, -0.05) is 53.2 Å². The van der Waals surface area contributed by atoms with E-state index in [0.29, 0.717) is 22.7 Å². The molecule has 31 heavy (non-hydrogen) atoms. The molecular formula is C28H41NO2. The van der Waals surface area contributed by atoms with Crippen molar-refractivity contribution in [1.29, 1.82) is 0 Å². The molecule has 0 aromatic carbocycles. The number of allylic oxidation sites excluding steroid dienone is 1. The number of carbonyl (C=O) groups excluding carboxylic acids is 1. The standard InChI is InChI=1S/C28H41NO2/c1-18(30)31-24-15-23-26(4)13-8-12-25(2,3)21(26)11-14-27(23,5)22-10-9-19-16-29(7)17-20(19)28(22,24)6/h9-10,16-17,21-24H,8,11-15H2,1-7H3. The molecule has 1 aromatic rings. The molecular weight excluding hydrogens is 382 g/mol. The van der Waals surface area contributed by atoms with Crippen molar-refractivity contribution in [2.75, 3.05) is 0 Å². The summed E-state index contributed by atoms with van der Waals surface area (Å²) in [5.41, 5.74) is 3.44. The second-order valence-electron chi connectivity index (χ2n) is 12.7. The molecule has 0 N–H and O–H groups in total. The minimum absolute atomic E-state index is 0.0696. The summed E-state index contributed by atoms with van der Waals surface area (Å²) in [6.45, 7) is 14.1. The molecule has 0 aliphatic heterocycles. The highest BCUT2D eigenvalue weighted by atomic mass is 16.5. The number of nitrogens with zero attached hydrogens (tertiary/aromatic N) is 1. The monoisotopic (exact) mass is 423 g/mol. The average Bonchev–Trinajstić information content (AvgIpc) is 3.04. The molecule has 4 aliphatic rings. The lowest BCUT2D eigenvalue weighted by Crippen LogP contribution is -2.66. The summed E-state index contributed by atoms with van der Waals surface area (Å²) < 4.78 is 8.39. The van der Waals surface area contributed by atoms with E-state index in [9.17, 15) is 4.79 Å². The molecule has 1 heterocycles. The number of hydrogen-bond acceptors (Lipinski definition) is 2. The van der Waals surface area contributed by atoms with Crippen molar-refractivity contribution in [2.24, 2.45) is 41.0 Å². The van der Waals surface area contributed by atoms with Crippen molar-refractivity contribution in [3.8, 4) is 0 Å². The summed E-state index contributed by atoms with van der Waals surface area (Å²) in [4.78, 5) is 12.3. The molecule has 170 valence electrons. The number of fused-ring (bicyclic) bond motifs is 7. The molecule has 1 aromatic heterocycles. The van der Waals surface area contributed by atoms with Gasteiger partial charge >= 0.3 is 5.97 Å². The largest absolute Gasteiger partial charge is 0.462 e. The average molecular weight is 424 g/mol. The maximum absolute atomic E-state index is 12.3. The Morgan fingerprint density at radius 3 is 2.48 bits per heavy atom. The minimum atomic E-state index is -0.171. The van der Waals surface area contributed by atoms with Crippen LogP contribution in [0.2, 0.25) is 0 Å². The molecule has 0 amide bonds. The Kier molecular flexibility index (Phi) is 4.48. The third kappa shape index (κ3) is 2.74. The van der Waals surface area contributed by atoms with Crippen LogP contribution in [-0.4, -0.2) is 16.6 Å². The minimum Gasteiger partial charge on any atom is -0.462 e. The summed E-state index contributed by atoms with van der Waals surface area (Å²) >= 11 is 0. The molecule has 0 bridgehead atoms. The van der Waals surface area contributed by atoms with E-state index in [-0.39, 0.29) is 22.9 Å². The predicted octanol–water partition coefficient (Wildman–Crippen LogP) is 6.51. The maximum Gasteiger partial charge on any atom is 0.302 e. The smallest absolute Gasteiger partial charge is 0.302 e. The fourth-order valence-corrected chi connectivity index (χ4v) is 9.46. The van der Waals surface area contributed by atoms with Crippen LogP contribution in [0, 0.1) is 34.0 Å². The van der Waals surface area contributed by atoms with E-state index in [0.717, 1.165) is 12.3 Å². The number of aromatic nitrogens is 1. The normalized spacial score (nSPS) is 45.1. The Morgan fingerprint density at radius 2 is 1.77 bits per heavy atom. The highest BCUT2D eigenvalue weighted by molar-refractivity contribution is 5.67. The highest BCUT2D eigenvalue weighted by Crippen LogP contribution is 2.72. The van der Waals surface area contributed by atoms with Gasteiger partial charge in [0.15, 0.2) is 0 Å². The molecule has 0 radical (unpaired) electrons. The van der Waals surface area contributed by atoms with E-state index in [4.69, 9.17) is 4.74 Å². The van der Waals surface area contributed by atoms with Gasteiger partial charge in [-0.25, -0.2) is 0 Å². The van der Waals surface area contributed by atoms with Crippen LogP contribution in [0.1, 0.15) is 91.2 Å². The zero-order valence-corrected chi connectivity index (χ0v) is 20.6. The quantitative estimate of drug-likeness (QED) is 0.482. The predicted molar refractivity (Wildman–Crippen MR) is 126 cm³/mol. The summed E-state index contributed by atoms with van der Waals surface area (Å²) in [6.07, 6.45) is 16.9. The first-order chi connectivity index (χ1) is 14.4. The lowest BCUT2D eigenvalue weighted by molar-refractivity contribution is -0.205. The van der Waals surface area contributed by atoms with Crippen molar-refractivity contribution in [3.05, 3.63) is 29.6 Å². The van der Waals surface area contributed by atoms with Gasteiger partial charge in [0.1, 0.15) is 6.10 Å². The topological polar surface area (TPSA) is 31.2 Å². The van der Waals surface area contributed by atoms with E-state index in [1.807, 2.05) is 0 Å². The van der Waals surface area contributed by atoms with E-state index in [1.54, 1.807) is 6.92 Å². The van der Waals surface area contributed by atoms with Gasteiger partial charge in [-0.3, -0.25) is 4.79 Å². The van der Waals surface area contributed by atoms with Gasteiger partial charge in [0.25, 0.3) is 0 Å². The third-order valence-corrected chi connectivity index (χ3v) is 10.7. The van der Waals surface area contributed by atoms with Gasteiger partial charge in [-0.05, 0) is 77.2 Å². The van der Waals surface area contributed by atoms with Crippen LogP contribution in [-0.2, 0) is 22.0 Å². The number of hydrogen-bond donors (Lipinski definition) is 0. The summed E-state index contributed by atoms with van der Waals surface area (Å²) in [5.74, 6) is 1.59. The fourth-order valence-electron chi connectivity index (χ4n) is 9.46. The summed E-state index contributed by atoms with van der Waals surface area (Å²) in [5, 5.41) is 0. The summed E-state index contributed by atoms with van der Waals surface area (Å²) in [6, 6.07) is 0. The first-order valence-electron chi connectivity index (χ1n) is 12.4. The number of carbonyl (C=O) groups is 1. The first-order valence-corrected chi connectivity index (χ1v) is 12.4. The second kappa shape index (κ2) is 6.51. The Hall–Kier alpha value is -1.51. The number of rotatable bonds is 1. The zero-order valence-electron chi connectivity index (χ0n) is 20.6. The van der Waals surface area contributed by atoms with Crippen LogP contribution in [0.5, 0.6) is 0 Å². The van der Waals surface area contributed by atoms with Crippen LogP contribution in [0.4, 0.5) is 0 Å². The lowest BCUT2D eigenvalue weighted by Gasteiger charge is -2.69. The molecule has 7 unspecified atom stereocenters. The second-order valence-corrected chi connectivity index (χ2v) is 12.7. The maximum atomic E-state index is 12.3. The number of esters is 1. The van der Waals surface area contributed by atoms with Crippen molar-refractivity contribution >= 4 is 12.0 Å². The van der Waals surface area contributed by atoms with Crippen molar-refractivity contribution in [2.45, 2.75) is 91.6 Å². The van der Waals surface area contributed by atoms with Gasteiger partial charge in [-0.15, -0.1) is 0 Å². The van der Waals surface area contributed by atoms with Crippen molar-refractivity contribution in [3.63, 3.8) is 0 Å². The Bertz CT molecular complexity index is 941. The number of ether oxygens (including phenoxy) is 1. The lowest BCUT2D eigenvalue weighted by atomic mass is 9.36. The zero-order chi connectivity index (χ0) is 22.4. The van der Waals surface area contributed by atoms with Crippen molar-refractivity contribution in [1.82, 2.24) is 4.57 Å². The Balaban J connectivity index is 1.66. The van der Waals surface area contributed by atoms with Crippen molar-refractivity contribution < 1.29 is 9.53 Å². The van der Waals surface area contributed by atoms with Gasteiger partial charge in [-0.2, -0.15) is 0 Å². The molecule has 0 spiro atoms. The number of aryl methyl sites for hydroxylation is 1. The first kappa shape index (κ1) is 21.3. The summed E-state index contributed by atoms with van der Waals surface area (Å²) in [7, 11) is 2.11. The van der Waals surface area contributed by atoms with E-state index in [1.165, 1.54) is 43.2 Å². The van der Waals surface area contributed by atoms with Gasteiger partial charge in [0.2, 0.25) is 0 Å². The Labute approximate surface area is 188 Å². The molecule has 4 aliphatic carbocycles. The van der Waals surface area contributed by atoms with Gasteiger partial charge in [0.05, 0.1) is 0 Å². The third-order valence-electron chi connectivity index (χ3n) is 10.7. The van der Waals surface area contributed by atoms with E-state index < -0.39 is 0 Å². The molecule has 3 fully saturated rings. The SMILES string of the molecule is CC(=O)OC1CC2C3(C)CCCC(C)(C)C3CCC2(C)C2C=Cc3cn(C)cc3C12C.